The lowest BCUT2D eigenvalue weighted by atomic mass is 10.4. The molecular weight excluding hydrogens is 226 g/mol. The van der Waals surface area contributed by atoms with Crippen LogP contribution in [0.5, 0.6) is 0 Å². The molecule has 2 rings (SSSR count). The minimum absolute atomic E-state index is 0.815. The molecule has 1 aromatic rings. The van der Waals surface area contributed by atoms with Gasteiger partial charge in [-0.2, -0.15) is 0 Å². The zero-order chi connectivity index (χ0) is 12.8. The van der Waals surface area contributed by atoms with Crippen molar-refractivity contribution in [1.82, 2.24) is 14.9 Å². The minimum Gasteiger partial charge on any atom is -0.369 e. The normalized spacial score (nSPS) is 14.8. The summed E-state index contributed by atoms with van der Waals surface area (Å²) in [6.45, 7) is 5.04. The molecule has 0 aromatic carbocycles. The number of aromatic nitrogens is 2. The van der Waals surface area contributed by atoms with Gasteiger partial charge in [-0.3, -0.25) is 4.98 Å². The van der Waals surface area contributed by atoms with Crippen molar-refractivity contribution in [2.24, 2.45) is 0 Å². The molecule has 1 heterocycles. The molecule has 5 heteroatoms. The average Bonchev–Trinajstić information content (AvgIpc) is 3.21. The lowest BCUT2D eigenvalue weighted by Crippen LogP contribution is -2.27. The molecular formula is C13H23N5. The van der Waals surface area contributed by atoms with E-state index in [0.717, 1.165) is 43.7 Å². The van der Waals surface area contributed by atoms with Crippen LogP contribution < -0.4 is 10.6 Å². The van der Waals surface area contributed by atoms with Gasteiger partial charge >= 0.3 is 0 Å². The summed E-state index contributed by atoms with van der Waals surface area (Å²) in [5.74, 6) is 1.69. The Morgan fingerprint density at radius 3 is 2.50 bits per heavy atom. The van der Waals surface area contributed by atoms with Gasteiger partial charge in [0.1, 0.15) is 11.6 Å². The molecule has 2 N–H and O–H groups in total. The number of rotatable bonds is 8. The standard InChI is InChI=1S/C13H23N5/c1-3-6-15-12-9-14-10-13(17-12)16-7-8-18(2)11-4-5-11/h9-11H,3-8H2,1-2H3,(H2,15,16,17). The van der Waals surface area contributed by atoms with Crippen LogP contribution in [0.3, 0.4) is 0 Å². The molecule has 0 atom stereocenters. The third-order valence-corrected chi connectivity index (χ3v) is 3.13. The highest BCUT2D eigenvalue weighted by Gasteiger charge is 2.25. The van der Waals surface area contributed by atoms with E-state index >= 15 is 0 Å². The average molecular weight is 249 g/mol. The van der Waals surface area contributed by atoms with Crippen molar-refractivity contribution in [1.29, 1.82) is 0 Å². The molecule has 0 aliphatic heterocycles. The Labute approximate surface area is 109 Å². The van der Waals surface area contributed by atoms with Gasteiger partial charge in [0.25, 0.3) is 0 Å². The van der Waals surface area contributed by atoms with Gasteiger partial charge in [-0.25, -0.2) is 4.98 Å². The topological polar surface area (TPSA) is 53.1 Å². The molecule has 1 fully saturated rings. The summed E-state index contributed by atoms with van der Waals surface area (Å²) in [7, 11) is 2.18. The second kappa shape index (κ2) is 6.54. The van der Waals surface area contributed by atoms with Crippen LogP contribution in [0.25, 0.3) is 0 Å². The van der Waals surface area contributed by atoms with Crippen molar-refractivity contribution < 1.29 is 0 Å². The second-order valence-corrected chi connectivity index (χ2v) is 4.85. The van der Waals surface area contributed by atoms with Crippen LogP contribution in [0.15, 0.2) is 12.4 Å². The molecule has 18 heavy (non-hydrogen) atoms. The van der Waals surface area contributed by atoms with Crippen LogP contribution in [0.1, 0.15) is 26.2 Å². The van der Waals surface area contributed by atoms with E-state index in [1.165, 1.54) is 12.8 Å². The van der Waals surface area contributed by atoms with E-state index in [-0.39, 0.29) is 0 Å². The summed E-state index contributed by atoms with van der Waals surface area (Å²) in [6.07, 6.45) is 7.33. The maximum absolute atomic E-state index is 4.46. The molecule has 1 aliphatic rings. The lowest BCUT2D eigenvalue weighted by Gasteiger charge is -2.16. The van der Waals surface area contributed by atoms with Gasteiger partial charge in [0.05, 0.1) is 12.4 Å². The van der Waals surface area contributed by atoms with E-state index in [0.29, 0.717) is 0 Å². The third-order valence-electron chi connectivity index (χ3n) is 3.13. The Kier molecular flexibility index (Phi) is 4.75. The summed E-state index contributed by atoms with van der Waals surface area (Å²) in [5, 5.41) is 6.56. The zero-order valence-corrected chi connectivity index (χ0v) is 11.3. The smallest absolute Gasteiger partial charge is 0.147 e. The SMILES string of the molecule is CCCNc1cncc(NCCN(C)C2CC2)n1. The minimum atomic E-state index is 0.815. The van der Waals surface area contributed by atoms with Crippen molar-refractivity contribution >= 4 is 11.6 Å². The lowest BCUT2D eigenvalue weighted by molar-refractivity contribution is 0.337. The number of likely N-dealkylation sites (N-methyl/N-ethyl adjacent to an activating group) is 1. The third kappa shape index (κ3) is 4.14. The molecule has 0 spiro atoms. The van der Waals surface area contributed by atoms with Gasteiger partial charge in [-0.15, -0.1) is 0 Å². The van der Waals surface area contributed by atoms with Crippen molar-refractivity contribution in [3.8, 4) is 0 Å². The molecule has 0 unspecified atom stereocenters. The van der Waals surface area contributed by atoms with Crippen LogP contribution in [-0.2, 0) is 0 Å². The number of nitrogens with zero attached hydrogens (tertiary/aromatic N) is 3. The second-order valence-electron chi connectivity index (χ2n) is 4.85. The van der Waals surface area contributed by atoms with Crippen LogP contribution in [0, 0.1) is 0 Å². The van der Waals surface area contributed by atoms with Crippen molar-refractivity contribution in [2.45, 2.75) is 32.2 Å². The van der Waals surface area contributed by atoms with E-state index in [4.69, 9.17) is 0 Å². The fourth-order valence-corrected chi connectivity index (χ4v) is 1.85. The summed E-state index contributed by atoms with van der Waals surface area (Å²) in [6, 6.07) is 0.815. The van der Waals surface area contributed by atoms with Crippen molar-refractivity contribution in [3.63, 3.8) is 0 Å². The number of nitrogens with one attached hydrogen (secondary N) is 2. The maximum atomic E-state index is 4.46. The Bertz CT molecular complexity index is 364. The van der Waals surface area contributed by atoms with E-state index in [1.54, 1.807) is 12.4 Å². The highest BCUT2D eigenvalue weighted by molar-refractivity contribution is 5.41. The fourth-order valence-electron chi connectivity index (χ4n) is 1.85. The van der Waals surface area contributed by atoms with Gasteiger partial charge in [0.2, 0.25) is 0 Å². The quantitative estimate of drug-likeness (QED) is 0.736. The number of hydrogen-bond donors (Lipinski definition) is 2. The van der Waals surface area contributed by atoms with E-state index in [1.807, 2.05) is 0 Å². The molecule has 1 aromatic heterocycles. The maximum Gasteiger partial charge on any atom is 0.147 e. The Morgan fingerprint density at radius 2 is 1.89 bits per heavy atom. The molecule has 5 nitrogen and oxygen atoms in total. The first-order chi connectivity index (χ1) is 8.79. The predicted octanol–water partition coefficient (Wildman–Crippen LogP) is 1.80. The van der Waals surface area contributed by atoms with Gasteiger partial charge in [0.15, 0.2) is 0 Å². The Morgan fingerprint density at radius 1 is 1.22 bits per heavy atom. The van der Waals surface area contributed by atoms with Gasteiger partial charge < -0.3 is 15.5 Å². The summed E-state index contributed by atoms with van der Waals surface area (Å²) < 4.78 is 0. The highest BCUT2D eigenvalue weighted by Crippen LogP contribution is 2.24. The highest BCUT2D eigenvalue weighted by atomic mass is 15.2. The molecule has 1 aliphatic carbocycles. The molecule has 100 valence electrons. The first kappa shape index (κ1) is 13.1. The van der Waals surface area contributed by atoms with Gasteiger partial charge in [0, 0.05) is 25.7 Å². The molecule has 0 bridgehead atoms. The summed E-state index contributed by atoms with van der Waals surface area (Å²) >= 11 is 0. The Balaban J connectivity index is 1.73. The molecule has 0 amide bonds. The zero-order valence-electron chi connectivity index (χ0n) is 11.3. The molecule has 0 saturated heterocycles. The predicted molar refractivity (Wildman–Crippen MR) is 75.0 cm³/mol. The largest absolute Gasteiger partial charge is 0.369 e. The monoisotopic (exact) mass is 249 g/mol. The van der Waals surface area contributed by atoms with E-state index in [2.05, 4.69) is 39.5 Å². The Hall–Kier alpha value is -1.36. The molecule has 1 saturated carbocycles. The van der Waals surface area contributed by atoms with Crippen molar-refractivity contribution in [3.05, 3.63) is 12.4 Å². The summed E-state index contributed by atoms with van der Waals surface area (Å²) in [5.41, 5.74) is 0. The van der Waals surface area contributed by atoms with Crippen LogP contribution >= 0.6 is 0 Å². The first-order valence-electron chi connectivity index (χ1n) is 6.79. The van der Waals surface area contributed by atoms with Crippen LogP contribution in [0.2, 0.25) is 0 Å². The van der Waals surface area contributed by atoms with Crippen LogP contribution in [0.4, 0.5) is 11.6 Å². The number of hydrogen-bond acceptors (Lipinski definition) is 5. The number of anilines is 2. The summed E-state index contributed by atoms with van der Waals surface area (Å²) in [4.78, 5) is 11.0. The fraction of sp³-hybridized carbons (Fsp3) is 0.692. The van der Waals surface area contributed by atoms with Gasteiger partial charge in [-0.05, 0) is 26.3 Å². The van der Waals surface area contributed by atoms with E-state index in [9.17, 15) is 0 Å². The van der Waals surface area contributed by atoms with Gasteiger partial charge in [-0.1, -0.05) is 6.92 Å². The van der Waals surface area contributed by atoms with E-state index < -0.39 is 0 Å². The first-order valence-corrected chi connectivity index (χ1v) is 6.79. The molecule has 0 radical (unpaired) electrons. The van der Waals surface area contributed by atoms with Crippen molar-refractivity contribution in [2.75, 3.05) is 37.3 Å². The van der Waals surface area contributed by atoms with Crippen LogP contribution in [-0.4, -0.2) is 47.6 Å².